The van der Waals surface area contributed by atoms with Gasteiger partial charge in [-0.15, -0.1) is 0 Å². The largest absolute Gasteiger partial charge is 0.269 e. The van der Waals surface area contributed by atoms with Gasteiger partial charge in [0.1, 0.15) is 4.90 Å². The number of sulfonamides is 1. The summed E-state index contributed by atoms with van der Waals surface area (Å²) < 4.78 is 27.7. The van der Waals surface area contributed by atoms with E-state index in [-0.39, 0.29) is 4.90 Å². The second kappa shape index (κ2) is 6.18. The van der Waals surface area contributed by atoms with Crippen molar-refractivity contribution in [3.05, 3.63) is 57.0 Å². The lowest BCUT2D eigenvalue weighted by Crippen LogP contribution is -2.26. The van der Waals surface area contributed by atoms with Gasteiger partial charge in [0.15, 0.2) is 0 Å². The zero-order chi connectivity index (χ0) is 15.6. The van der Waals surface area contributed by atoms with Gasteiger partial charge in [-0.2, -0.15) is 5.26 Å². The molecule has 0 aliphatic rings. The van der Waals surface area contributed by atoms with Crippen LogP contribution in [0.2, 0.25) is 0 Å². The standard InChI is InChI=1S/C14H10Br2N2O2S/c1-18(12-4-2-3-10(7-12)9-17)21(19,20)14-8-11(15)5-6-13(14)16/h2-8H,1H3. The molecule has 4 nitrogen and oxygen atoms in total. The van der Waals surface area contributed by atoms with E-state index >= 15 is 0 Å². The highest BCUT2D eigenvalue weighted by Gasteiger charge is 2.24. The van der Waals surface area contributed by atoms with E-state index in [4.69, 9.17) is 5.26 Å². The minimum Gasteiger partial charge on any atom is -0.269 e. The lowest BCUT2D eigenvalue weighted by molar-refractivity contribution is 0.594. The summed E-state index contributed by atoms with van der Waals surface area (Å²) in [6.45, 7) is 0. The molecule has 0 fully saturated rings. The summed E-state index contributed by atoms with van der Waals surface area (Å²) in [4.78, 5) is 0.154. The van der Waals surface area contributed by atoms with Gasteiger partial charge in [-0.05, 0) is 52.3 Å². The van der Waals surface area contributed by atoms with Gasteiger partial charge in [0.05, 0.1) is 17.3 Å². The second-order valence-electron chi connectivity index (χ2n) is 4.21. The Morgan fingerprint density at radius 3 is 2.52 bits per heavy atom. The number of nitrogens with zero attached hydrogens (tertiary/aromatic N) is 2. The molecule has 0 saturated carbocycles. The van der Waals surface area contributed by atoms with Gasteiger partial charge >= 0.3 is 0 Å². The molecule has 2 aromatic carbocycles. The fourth-order valence-electron chi connectivity index (χ4n) is 1.73. The van der Waals surface area contributed by atoms with Crippen LogP contribution in [0.3, 0.4) is 0 Å². The molecular formula is C14H10Br2N2O2S. The first kappa shape index (κ1) is 16.0. The molecule has 0 bridgehead atoms. The molecule has 7 heteroatoms. The molecule has 0 radical (unpaired) electrons. The quantitative estimate of drug-likeness (QED) is 0.742. The Morgan fingerprint density at radius 2 is 1.86 bits per heavy atom. The maximum atomic E-state index is 12.7. The van der Waals surface area contributed by atoms with Gasteiger partial charge in [-0.1, -0.05) is 22.0 Å². The van der Waals surface area contributed by atoms with E-state index < -0.39 is 10.0 Å². The molecular weight excluding hydrogens is 420 g/mol. The van der Waals surface area contributed by atoms with Gasteiger partial charge in [-0.3, -0.25) is 4.31 Å². The lowest BCUT2D eigenvalue weighted by Gasteiger charge is -2.20. The van der Waals surface area contributed by atoms with Crippen molar-refractivity contribution < 1.29 is 8.42 Å². The summed E-state index contributed by atoms with van der Waals surface area (Å²) in [5.41, 5.74) is 0.837. The number of benzene rings is 2. The monoisotopic (exact) mass is 428 g/mol. The molecule has 0 aromatic heterocycles. The maximum Gasteiger partial charge on any atom is 0.265 e. The van der Waals surface area contributed by atoms with Crippen molar-refractivity contribution in [2.45, 2.75) is 4.90 Å². The lowest BCUT2D eigenvalue weighted by atomic mass is 10.2. The number of hydrogen-bond acceptors (Lipinski definition) is 3. The predicted molar refractivity (Wildman–Crippen MR) is 88.6 cm³/mol. The smallest absolute Gasteiger partial charge is 0.265 e. The summed E-state index contributed by atoms with van der Waals surface area (Å²) in [6, 6.07) is 13.4. The Bertz CT molecular complexity index is 829. The molecule has 21 heavy (non-hydrogen) atoms. The zero-order valence-electron chi connectivity index (χ0n) is 10.9. The fourth-order valence-corrected chi connectivity index (χ4v) is 4.38. The third-order valence-electron chi connectivity index (χ3n) is 2.87. The van der Waals surface area contributed by atoms with Crippen molar-refractivity contribution >= 4 is 47.6 Å². The van der Waals surface area contributed by atoms with Crippen LogP contribution in [0.15, 0.2) is 56.3 Å². The Hall–Kier alpha value is -1.36. The molecule has 108 valence electrons. The Labute approximate surface area is 140 Å². The predicted octanol–water partition coefficient (Wildman–Crippen LogP) is 3.91. The van der Waals surface area contributed by atoms with Gasteiger partial charge < -0.3 is 0 Å². The van der Waals surface area contributed by atoms with Crippen LogP contribution < -0.4 is 4.31 Å². The molecule has 0 heterocycles. The maximum absolute atomic E-state index is 12.7. The highest BCUT2D eigenvalue weighted by atomic mass is 79.9. The Kier molecular flexibility index (Phi) is 4.71. The van der Waals surface area contributed by atoms with Gasteiger partial charge in [0.25, 0.3) is 10.0 Å². The van der Waals surface area contributed by atoms with E-state index in [2.05, 4.69) is 31.9 Å². The number of hydrogen-bond donors (Lipinski definition) is 0. The van der Waals surface area contributed by atoms with Crippen LogP contribution in [0.1, 0.15) is 5.56 Å². The van der Waals surface area contributed by atoms with E-state index in [1.54, 1.807) is 30.3 Å². The average molecular weight is 430 g/mol. The normalized spacial score (nSPS) is 11.0. The Morgan fingerprint density at radius 1 is 1.14 bits per heavy atom. The summed E-state index contributed by atoms with van der Waals surface area (Å²) in [5.74, 6) is 0. The highest BCUT2D eigenvalue weighted by molar-refractivity contribution is 9.11. The van der Waals surface area contributed by atoms with E-state index in [0.717, 1.165) is 4.31 Å². The number of rotatable bonds is 3. The van der Waals surface area contributed by atoms with Crippen LogP contribution >= 0.6 is 31.9 Å². The minimum atomic E-state index is -3.72. The van der Waals surface area contributed by atoms with Crippen molar-refractivity contribution in [2.24, 2.45) is 0 Å². The molecule has 0 unspecified atom stereocenters. The van der Waals surface area contributed by atoms with Gasteiger partial charge in [-0.25, -0.2) is 8.42 Å². The van der Waals surface area contributed by atoms with Crippen molar-refractivity contribution in [3.8, 4) is 6.07 Å². The van der Waals surface area contributed by atoms with Crippen molar-refractivity contribution in [1.82, 2.24) is 0 Å². The number of anilines is 1. The van der Waals surface area contributed by atoms with Gasteiger partial charge in [0.2, 0.25) is 0 Å². The molecule has 0 atom stereocenters. The molecule has 0 saturated heterocycles. The molecule has 2 rings (SSSR count). The second-order valence-corrected chi connectivity index (χ2v) is 7.92. The average Bonchev–Trinajstić information content (AvgIpc) is 2.48. The minimum absolute atomic E-state index is 0.154. The highest BCUT2D eigenvalue weighted by Crippen LogP contribution is 2.30. The first-order valence-corrected chi connectivity index (χ1v) is 8.83. The first-order chi connectivity index (χ1) is 9.86. The van der Waals surface area contributed by atoms with E-state index in [1.165, 1.54) is 19.2 Å². The fraction of sp³-hybridized carbons (Fsp3) is 0.0714. The van der Waals surface area contributed by atoms with Crippen LogP contribution in [0.25, 0.3) is 0 Å². The first-order valence-electron chi connectivity index (χ1n) is 5.80. The van der Waals surface area contributed by atoms with Crippen molar-refractivity contribution in [3.63, 3.8) is 0 Å². The van der Waals surface area contributed by atoms with E-state index in [9.17, 15) is 8.42 Å². The summed E-state index contributed by atoms with van der Waals surface area (Å²) in [7, 11) is -2.27. The SMILES string of the molecule is CN(c1cccc(C#N)c1)S(=O)(=O)c1cc(Br)ccc1Br. The van der Waals surface area contributed by atoms with Crippen LogP contribution in [-0.2, 0) is 10.0 Å². The van der Waals surface area contributed by atoms with Crippen LogP contribution in [0.5, 0.6) is 0 Å². The van der Waals surface area contributed by atoms with E-state index in [0.29, 0.717) is 20.2 Å². The van der Waals surface area contributed by atoms with Crippen LogP contribution in [0.4, 0.5) is 5.69 Å². The summed E-state index contributed by atoms with van der Waals surface area (Å²) >= 11 is 6.53. The molecule has 0 amide bonds. The molecule has 2 aromatic rings. The molecule has 0 spiro atoms. The zero-order valence-corrected chi connectivity index (χ0v) is 14.9. The summed E-state index contributed by atoms with van der Waals surface area (Å²) in [6.07, 6.45) is 0. The third-order valence-corrected chi connectivity index (χ3v) is 6.14. The van der Waals surface area contributed by atoms with Crippen molar-refractivity contribution in [2.75, 3.05) is 11.4 Å². The number of halogens is 2. The summed E-state index contributed by atoms with van der Waals surface area (Å²) in [5, 5.41) is 8.91. The van der Waals surface area contributed by atoms with E-state index in [1.807, 2.05) is 6.07 Å². The van der Waals surface area contributed by atoms with Crippen LogP contribution in [0, 0.1) is 11.3 Å². The van der Waals surface area contributed by atoms with Crippen LogP contribution in [-0.4, -0.2) is 15.5 Å². The molecule has 0 aliphatic heterocycles. The Balaban J connectivity index is 2.53. The molecule has 0 aliphatic carbocycles. The van der Waals surface area contributed by atoms with Gasteiger partial charge in [0, 0.05) is 16.0 Å². The third kappa shape index (κ3) is 3.28. The topological polar surface area (TPSA) is 61.2 Å². The number of nitriles is 1. The van der Waals surface area contributed by atoms with Crippen molar-refractivity contribution in [1.29, 1.82) is 5.26 Å². The molecule has 0 N–H and O–H groups in total.